The monoisotopic (exact) mass is 390 g/mol. The summed E-state index contributed by atoms with van der Waals surface area (Å²) in [6.45, 7) is 1.54. The molecule has 24 heavy (non-hydrogen) atoms. The molecule has 0 unspecified atom stereocenters. The Morgan fingerprint density at radius 3 is 2.62 bits per heavy atom. The molecule has 1 aliphatic carbocycles. The second kappa shape index (κ2) is 7.90. The van der Waals surface area contributed by atoms with E-state index in [1.54, 1.807) is 12.1 Å². The van der Waals surface area contributed by atoms with Crippen LogP contribution < -0.4 is 5.32 Å². The molecule has 0 saturated heterocycles. The lowest BCUT2D eigenvalue weighted by Crippen LogP contribution is -2.29. The maximum absolute atomic E-state index is 13.8. The topological polar surface area (TPSA) is 32.3 Å². The highest BCUT2D eigenvalue weighted by Gasteiger charge is 2.29. The predicted molar refractivity (Wildman–Crippen MR) is 97.2 cm³/mol. The third-order valence-electron chi connectivity index (χ3n) is 4.12. The van der Waals surface area contributed by atoms with Crippen LogP contribution in [0.15, 0.2) is 53.0 Å². The van der Waals surface area contributed by atoms with Crippen molar-refractivity contribution in [1.29, 1.82) is 0 Å². The molecule has 3 rings (SSSR count). The molecular formula is C19H20BrFN2O. The molecule has 0 aromatic heterocycles. The predicted octanol–water partition coefficient (Wildman–Crippen LogP) is 4.58. The quantitative estimate of drug-likeness (QED) is 0.749. The van der Waals surface area contributed by atoms with E-state index in [4.69, 9.17) is 0 Å². The summed E-state index contributed by atoms with van der Waals surface area (Å²) < 4.78 is 14.4. The summed E-state index contributed by atoms with van der Waals surface area (Å²) in [5.74, 6) is -0.587. The lowest BCUT2D eigenvalue weighted by molar-refractivity contribution is -0.116. The number of halogens is 2. The summed E-state index contributed by atoms with van der Waals surface area (Å²) in [6, 6.07) is 15.5. The lowest BCUT2D eigenvalue weighted by Gasteiger charge is -2.21. The molecule has 0 heterocycles. The van der Waals surface area contributed by atoms with E-state index in [1.807, 2.05) is 18.2 Å². The fraction of sp³-hybridized carbons (Fsp3) is 0.316. The van der Waals surface area contributed by atoms with Gasteiger partial charge in [0.05, 0.1) is 5.69 Å². The molecule has 2 aromatic carbocycles. The zero-order valence-electron chi connectivity index (χ0n) is 13.3. The molecule has 126 valence electrons. The van der Waals surface area contributed by atoms with Crippen LogP contribution in [0.3, 0.4) is 0 Å². The van der Waals surface area contributed by atoms with Gasteiger partial charge in [-0.15, -0.1) is 0 Å². The number of carbonyl (C=O) groups excluding carboxylic acids is 1. The van der Waals surface area contributed by atoms with Crippen molar-refractivity contribution >= 4 is 27.5 Å². The molecular weight excluding hydrogens is 371 g/mol. The molecule has 0 spiro atoms. The van der Waals surface area contributed by atoms with Gasteiger partial charge in [-0.25, -0.2) is 4.39 Å². The van der Waals surface area contributed by atoms with E-state index in [0.717, 1.165) is 6.54 Å². The SMILES string of the molecule is O=C(CCN(Cc1ccccc1)C1CC1)Nc1ccc(Br)cc1F. The lowest BCUT2D eigenvalue weighted by atomic mass is 10.2. The first-order chi connectivity index (χ1) is 11.6. The van der Waals surface area contributed by atoms with Gasteiger partial charge in [0, 0.05) is 30.0 Å². The van der Waals surface area contributed by atoms with Gasteiger partial charge in [-0.05, 0) is 36.6 Å². The van der Waals surface area contributed by atoms with Crippen molar-refractivity contribution in [2.24, 2.45) is 0 Å². The van der Waals surface area contributed by atoms with Crippen LogP contribution in [0.25, 0.3) is 0 Å². The number of hydrogen-bond donors (Lipinski definition) is 1. The van der Waals surface area contributed by atoms with Crippen LogP contribution >= 0.6 is 15.9 Å². The number of rotatable bonds is 7. The zero-order valence-corrected chi connectivity index (χ0v) is 14.9. The first kappa shape index (κ1) is 17.1. The van der Waals surface area contributed by atoms with Crippen LogP contribution in [0.2, 0.25) is 0 Å². The third-order valence-corrected chi connectivity index (χ3v) is 4.62. The largest absolute Gasteiger partial charge is 0.324 e. The van der Waals surface area contributed by atoms with E-state index in [9.17, 15) is 9.18 Å². The Kier molecular flexibility index (Phi) is 5.63. The Bertz CT molecular complexity index is 704. The minimum absolute atomic E-state index is 0.157. The average Bonchev–Trinajstić information content (AvgIpc) is 3.40. The summed E-state index contributed by atoms with van der Waals surface area (Å²) in [6.07, 6.45) is 2.74. The Balaban J connectivity index is 1.53. The van der Waals surface area contributed by atoms with E-state index < -0.39 is 5.82 Å². The molecule has 3 nitrogen and oxygen atoms in total. The summed E-state index contributed by atoms with van der Waals surface area (Å²) in [7, 11) is 0. The number of anilines is 1. The van der Waals surface area contributed by atoms with Crippen LogP contribution in [0.4, 0.5) is 10.1 Å². The minimum Gasteiger partial charge on any atom is -0.324 e. The number of hydrogen-bond acceptors (Lipinski definition) is 2. The summed E-state index contributed by atoms with van der Waals surface area (Å²) in [5, 5.41) is 2.65. The van der Waals surface area contributed by atoms with Gasteiger partial charge in [0.15, 0.2) is 0 Å². The average molecular weight is 391 g/mol. The maximum Gasteiger partial charge on any atom is 0.225 e. The normalized spacial score (nSPS) is 14.0. The Morgan fingerprint density at radius 2 is 1.96 bits per heavy atom. The van der Waals surface area contributed by atoms with Gasteiger partial charge in [-0.3, -0.25) is 9.69 Å². The molecule has 0 aliphatic heterocycles. The van der Waals surface area contributed by atoms with Crippen LogP contribution in [-0.2, 0) is 11.3 Å². The Morgan fingerprint density at radius 1 is 1.21 bits per heavy atom. The molecule has 0 bridgehead atoms. The van der Waals surface area contributed by atoms with Gasteiger partial charge in [0.1, 0.15) is 5.82 Å². The van der Waals surface area contributed by atoms with Gasteiger partial charge in [0.25, 0.3) is 0 Å². The maximum atomic E-state index is 13.8. The van der Waals surface area contributed by atoms with Crippen LogP contribution in [-0.4, -0.2) is 23.4 Å². The molecule has 1 N–H and O–H groups in total. The minimum atomic E-state index is -0.430. The summed E-state index contributed by atoms with van der Waals surface area (Å²) in [5.41, 5.74) is 1.48. The Labute approximate surface area is 150 Å². The highest BCUT2D eigenvalue weighted by molar-refractivity contribution is 9.10. The van der Waals surface area contributed by atoms with E-state index in [2.05, 4.69) is 38.3 Å². The van der Waals surface area contributed by atoms with Crippen molar-refractivity contribution in [2.75, 3.05) is 11.9 Å². The van der Waals surface area contributed by atoms with Crippen molar-refractivity contribution in [3.8, 4) is 0 Å². The van der Waals surface area contributed by atoms with E-state index in [0.29, 0.717) is 23.5 Å². The smallest absolute Gasteiger partial charge is 0.225 e. The zero-order chi connectivity index (χ0) is 16.9. The highest BCUT2D eigenvalue weighted by atomic mass is 79.9. The summed E-state index contributed by atoms with van der Waals surface area (Å²) >= 11 is 3.21. The van der Waals surface area contributed by atoms with E-state index in [1.165, 1.54) is 24.5 Å². The molecule has 1 saturated carbocycles. The number of amides is 1. The first-order valence-corrected chi connectivity index (χ1v) is 8.94. The second-order valence-electron chi connectivity index (χ2n) is 6.11. The van der Waals surface area contributed by atoms with Crippen molar-refractivity contribution in [3.05, 3.63) is 64.4 Å². The third kappa shape index (κ3) is 4.89. The van der Waals surface area contributed by atoms with Crippen LogP contribution in [0, 0.1) is 5.82 Å². The van der Waals surface area contributed by atoms with Gasteiger partial charge >= 0.3 is 0 Å². The van der Waals surface area contributed by atoms with Crippen LogP contribution in [0.1, 0.15) is 24.8 Å². The fourth-order valence-electron chi connectivity index (χ4n) is 2.70. The number of nitrogens with one attached hydrogen (secondary N) is 1. The fourth-order valence-corrected chi connectivity index (χ4v) is 3.03. The van der Waals surface area contributed by atoms with Gasteiger partial charge < -0.3 is 5.32 Å². The number of benzene rings is 2. The molecule has 0 atom stereocenters. The molecule has 1 fully saturated rings. The first-order valence-electron chi connectivity index (χ1n) is 8.15. The molecule has 1 amide bonds. The van der Waals surface area contributed by atoms with Gasteiger partial charge in [0.2, 0.25) is 5.91 Å². The van der Waals surface area contributed by atoms with Crippen molar-refractivity contribution < 1.29 is 9.18 Å². The number of carbonyl (C=O) groups is 1. The van der Waals surface area contributed by atoms with Crippen molar-refractivity contribution in [3.63, 3.8) is 0 Å². The van der Waals surface area contributed by atoms with E-state index in [-0.39, 0.29) is 11.6 Å². The van der Waals surface area contributed by atoms with Crippen molar-refractivity contribution in [2.45, 2.75) is 31.8 Å². The van der Waals surface area contributed by atoms with Crippen LogP contribution in [0.5, 0.6) is 0 Å². The molecule has 1 aliphatic rings. The van der Waals surface area contributed by atoms with Gasteiger partial charge in [-0.2, -0.15) is 0 Å². The summed E-state index contributed by atoms with van der Waals surface area (Å²) in [4.78, 5) is 14.5. The second-order valence-corrected chi connectivity index (χ2v) is 7.03. The van der Waals surface area contributed by atoms with E-state index >= 15 is 0 Å². The van der Waals surface area contributed by atoms with Crippen molar-refractivity contribution in [1.82, 2.24) is 4.90 Å². The molecule has 2 aromatic rings. The number of nitrogens with zero attached hydrogens (tertiary/aromatic N) is 1. The van der Waals surface area contributed by atoms with Gasteiger partial charge in [-0.1, -0.05) is 46.3 Å². The Hall–Kier alpha value is -1.72. The highest BCUT2D eigenvalue weighted by Crippen LogP contribution is 2.28. The molecule has 5 heteroatoms. The molecule has 0 radical (unpaired) electrons. The standard InChI is InChI=1S/C19H20BrFN2O/c20-15-6-9-18(17(21)12-15)22-19(24)10-11-23(16-7-8-16)13-14-4-2-1-3-5-14/h1-6,9,12,16H,7-8,10-11,13H2,(H,22,24).